The first-order valence-electron chi connectivity index (χ1n) is 7.16. The summed E-state index contributed by atoms with van der Waals surface area (Å²) in [5.41, 5.74) is 6.10. The molecule has 0 bridgehead atoms. The van der Waals surface area contributed by atoms with Gasteiger partial charge in [0.05, 0.1) is 5.69 Å². The fraction of sp³-hybridized carbons (Fsp3) is 0.235. The molecule has 0 fully saturated rings. The molecule has 2 aromatic heterocycles. The van der Waals surface area contributed by atoms with Crippen LogP contribution >= 0.6 is 0 Å². The Morgan fingerprint density at radius 3 is 2.45 bits per heavy atom. The molecule has 1 amide bonds. The third-order valence-corrected chi connectivity index (χ3v) is 3.63. The Kier molecular flexibility index (Phi) is 3.41. The second kappa shape index (κ2) is 5.26. The highest BCUT2D eigenvalue weighted by Gasteiger charge is 2.14. The van der Waals surface area contributed by atoms with Crippen LogP contribution in [0.5, 0.6) is 0 Å². The molecule has 0 aliphatic heterocycles. The number of aromatic nitrogens is 3. The fourth-order valence-electron chi connectivity index (χ4n) is 2.74. The lowest BCUT2D eigenvalue weighted by Gasteiger charge is -2.13. The summed E-state index contributed by atoms with van der Waals surface area (Å²) >= 11 is 0. The van der Waals surface area contributed by atoms with E-state index in [0.717, 1.165) is 22.5 Å². The molecule has 0 saturated carbocycles. The van der Waals surface area contributed by atoms with Gasteiger partial charge < -0.3 is 5.32 Å². The molecule has 5 heteroatoms. The van der Waals surface area contributed by atoms with Gasteiger partial charge in [0.15, 0.2) is 5.65 Å². The Morgan fingerprint density at radius 2 is 1.77 bits per heavy atom. The summed E-state index contributed by atoms with van der Waals surface area (Å²) in [6.45, 7) is 7.92. The molecule has 0 atom stereocenters. The number of carbonyl (C=O) groups is 1. The van der Waals surface area contributed by atoms with Crippen molar-refractivity contribution >= 4 is 17.2 Å². The summed E-state index contributed by atoms with van der Waals surface area (Å²) < 4.78 is 1.57. The van der Waals surface area contributed by atoms with Gasteiger partial charge in [-0.25, -0.2) is 9.50 Å². The van der Waals surface area contributed by atoms with Crippen molar-refractivity contribution < 1.29 is 4.79 Å². The van der Waals surface area contributed by atoms with E-state index in [0.29, 0.717) is 11.3 Å². The predicted octanol–water partition coefficient (Wildman–Crippen LogP) is 3.22. The quantitative estimate of drug-likeness (QED) is 0.789. The molecule has 0 aliphatic rings. The Bertz CT molecular complexity index is 856. The molecule has 112 valence electrons. The van der Waals surface area contributed by atoms with Crippen LogP contribution in [-0.2, 0) is 0 Å². The molecule has 0 spiro atoms. The summed E-state index contributed by atoms with van der Waals surface area (Å²) in [4.78, 5) is 16.8. The molecular formula is C17H18N4O. The number of benzene rings is 1. The number of fused-ring (bicyclic) bond motifs is 1. The first-order valence-corrected chi connectivity index (χ1v) is 7.16. The number of carbonyl (C=O) groups excluding carboxylic acids is 1. The molecular weight excluding hydrogens is 276 g/mol. The lowest BCUT2D eigenvalue weighted by atomic mass is 10.1. The maximum absolute atomic E-state index is 12.6. The number of nitrogens with zero attached hydrogens (tertiary/aromatic N) is 3. The third kappa shape index (κ3) is 2.45. The fourth-order valence-corrected chi connectivity index (χ4v) is 2.74. The van der Waals surface area contributed by atoms with E-state index in [2.05, 4.69) is 27.5 Å². The van der Waals surface area contributed by atoms with Crippen LogP contribution in [0.15, 0.2) is 30.5 Å². The highest BCUT2D eigenvalue weighted by molar-refractivity contribution is 6.04. The summed E-state index contributed by atoms with van der Waals surface area (Å²) in [6, 6.07) is 7.64. The van der Waals surface area contributed by atoms with Crippen LogP contribution in [0.1, 0.15) is 32.9 Å². The minimum absolute atomic E-state index is 0.189. The van der Waals surface area contributed by atoms with Gasteiger partial charge in [0.1, 0.15) is 5.69 Å². The summed E-state index contributed by atoms with van der Waals surface area (Å²) in [6.07, 6.45) is 1.63. The van der Waals surface area contributed by atoms with E-state index in [9.17, 15) is 4.79 Å². The van der Waals surface area contributed by atoms with Crippen molar-refractivity contribution in [2.24, 2.45) is 0 Å². The van der Waals surface area contributed by atoms with Gasteiger partial charge >= 0.3 is 0 Å². The average molecular weight is 294 g/mol. The van der Waals surface area contributed by atoms with Crippen molar-refractivity contribution in [1.82, 2.24) is 14.6 Å². The second-order valence-electron chi connectivity index (χ2n) is 5.61. The van der Waals surface area contributed by atoms with Crippen molar-refractivity contribution in [3.05, 3.63) is 58.5 Å². The highest BCUT2D eigenvalue weighted by Crippen LogP contribution is 2.22. The number of hydrogen-bond donors (Lipinski definition) is 1. The van der Waals surface area contributed by atoms with E-state index in [1.807, 2.05) is 33.8 Å². The van der Waals surface area contributed by atoms with E-state index < -0.39 is 0 Å². The maximum Gasteiger partial charge on any atom is 0.274 e. The van der Waals surface area contributed by atoms with E-state index in [4.69, 9.17) is 0 Å². The normalized spacial score (nSPS) is 10.9. The summed E-state index contributed by atoms with van der Waals surface area (Å²) in [7, 11) is 0. The van der Waals surface area contributed by atoms with Gasteiger partial charge in [-0.1, -0.05) is 17.7 Å². The van der Waals surface area contributed by atoms with E-state index in [1.165, 1.54) is 5.56 Å². The van der Waals surface area contributed by atoms with Crippen molar-refractivity contribution in [2.45, 2.75) is 27.7 Å². The first-order chi connectivity index (χ1) is 10.5. The molecule has 3 rings (SSSR count). The van der Waals surface area contributed by atoms with Crippen LogP contribution < -0.4 is 5.32 Å². The number of aryl methyl sites for hydroxylation is 4. The van der Waals surface area contributed by atoms with Gasteiger partial charge in [0.2, 0.25) is 0 Å². The minimum Gasteiger partial charge on any atom is -0.320 e. The highest BCUT2D eigenvalue weighted by atomic mass is 16.2. The zero-order chi connectivity index (χ0) is 15.9. The van der Waals surface area contributed by atoms with Gasteiger partial charge in [0.25, 0.3) is 5.91 Å². The smallest absolute Gasteiger partial charge is 0.274 e. The van der Waals surface area contributed by atoms with Crippen LogP contribution in [-0.4, -0.2) is 20.5 Å². The van der Waals surface area contributed by atoms with E-state index >= 15 is 0 Å². The number of anilines is 1. The Morgan fingerprint density at radius 1 is 1.09 bits per heavy atom. The second-order valence-corrected chi connectivity index (χ2v) is 5.61. The number of nitrogens with one attached hydrogen (secondary N) is 1. The maximum atomic E-state index is 12.6. The van der Waals surface area contributed by atoms with Gasteiger partial charge in [-0.2, -0.15) is 5.10 Å². The number of hydrogen-bond acceptors (Lipinski definition) is 3. The zero-order valence-corrected chi connectivity index (χ0v) is 13.1. The van der Waals surface area contributed by atoms with Crippen LogP contribution in [0.4, 0.5) is 5.69 Å². The molecule has 3 aromatic rings. The van der Waals surface area contributed by atoms with E-state index in [-0.39, 0.29) is 5.91 Å². The largest absolute Gasteiger partial charge is 0.320 e. The molecule has 0 unspecified atom stereocenters. The van der Waals surface area contributed by atoms with Gasteiger partial charge in [-0.3, -0.25) is 4.79 Å². The Labute approximate surface area is 129 Å². The summed E-state index contributed by atoms with van der Waals surface area (Å²) in [5, 5.41) is 7.32. The molecule has 1 aromatic carbocycles. The topological polar surface area (TPSA) is 59.3 Å². The van der Waals surface area contributed by atoms with Crippen LogP contribution in [0.3, 0.4) is 0 Å². The van der Waals surface area contributed by atoms with Gasteiger partial charge in [-0.15, -0.1) is 0 Å². The standard InChI is InChI=1S/C17H18N4O/c1-10-7-11(2)16(12(3)8-10)19-17(22)14-5-6-18-15-9-13(4)20-21(14)15/h5-9H,1-4H3,(H,19,22). The lowest BCUT2D eigenvalue weighted by Crippen LogP contribution is -2.18. The van der Waals surface area contributed by atoms with Crippen molar-refractivity contribution in [3.8, 4) is 0 Å². The van der Waals surface area contributed by atoms with Crippen LogP contribution in [0, 0.1) is 27.7 Å². The Balaban J connectivity index is 2.01. The van der Waals surface area contributed by atoms with Crippen molar-refractivity contribution in [1.29, 1.82) is 0 Å². The zero-order valence-electron chi connectivity index (χ0n) is 13.1. The molecule has 1 N–H and O–H groups in total. The van der Waals surface area contributed by atoms with Crippen molar-refractivity contribution in [3.63, 3.8) is 0 Å². The predicted molar refractivity (Wildman–Crippen MR) is 86.3 cm³/mol. The molecule has 5 nitrogen and oxygen atoms in total. The number of amides is 1. The lowest BCUT2D eigenvalue weighted by molar-refractivity contribution is 0.101. The molecule has 22 heavy (non-hydrogen) atoms. The molecule has 0 aliphatic carbocycles. The monoisotopic (exact) mass is 294 g/mol. The average Bonchev–Trinajstić information content (AvgIpc) is 2.82. The minimum atomic E-state index is -0.189. The van der Waals surface area contributed by atoms with Gasteiger partial charge in [-0.05, 0) is 44.9 Å². The van der Waals surface area contributed by atoms with Gasteiger partial charge in [0, 0.05) is 18.0 Å². The van der Waals surface area contributed by atoms with E-state index in [1.54, 1.807) is 16.8 Å². The SMILES string of the molecule is Cc1cc(C)c(NC(=O)c2ccnc3cc(C)nn23)c(C)c1. The van der Waals surface area contributed by atoms with Crippen LogP contribution in [0.2, 0.25) is 0 Å². The van der Waals surface area contributed by atoms with Crippen LogP contribution in [0.25, 0.3) is 5.65 Å². The molecule has 0 saturated heterocycles. The number of rotatable bonds is 2. The first kappa shape index (κ1) is 14.3. The molecule has 2 heterocycles. The molecule has 0 radical (unpaired) electrons. The van der Waals surface area contributed by atoms with Crippen molar-refractivity contribution in [2.75, 3.05) is 5.32 Å². The third-order valence-electron chi connectivity index (χ3n) is 3.63. The summed E-state index contributed by atoms with van der Waals surface area (Å²) in [5.74, 6) is -0.189. The Hall–Kier alpha value is -2.69.